The summed E-state index contributed by atoms with van der Waals surface area (Å²) in [7, 11) is 0. The molecule has 0 saturated carbocycles. The van der Waals surface area contributed by atoms with E-state index in [2.05, 4.69) is 52.3 Å². The second-order valence-corrected chi connectivity index (χ2v) is 6.55. The highest BCUT2D eigenvalue weighted by atomic mass is 15.3. The van der Waals surface area contributed by atoms with E-state index < -0.39 is 0 Å². The molecule has 0 aliphatic carbocycles. The lowest BCUT2D eigenvalue weighted by Gasteiger charge is -2.39. The average Bonchev–Trinajstić information content (AvgIpc) is 2.97. The predicted molar refractivity (Wildman–Crippen MR) is 85.5 cm³/mol. The van der Waals surface area contributed by atoms with Crippen molar-refractivity contribution in [2.24, 2.45) is 0 Å². The standard InChI is InChI=1S/C16H29N5/c1-4-12(2)20-7-6-18-15(11-20)13(3)14-9-19-21-8-5-17-10-16(14)21/h9,12-13,15,17-18H,4-8,10-11H2,1-3H3/t12?,13?,15-/m1/s1. The first-order valence-corrected chi connectivity index (χ1v) is 8.43. The Bertz CT molecular complexity index is 469. The zero-order valence-corrected chi connectivity index (χ0v) is 13.6. The minimum Gasteiger partial charge on any atom is -0.311 e. The summed E-state index contributed by atoms with van der Waals surface area (Å²) >= 11 is 0. The van der Waals surface area contributed by atoms with Crippen molar-refractivity contribution in [3.05, 3.63) is 17.5 Å². The van der Waals surface area contributed by atoms with E-state index in [1.54, 1.807) is 0 Å². The van der Waals surface area contributed by atoms with E-state index in [-0.39, 0.29) is 0 Å². The van der Waals surface area contributed by atoms with Crippen LogP contribution in [0.5, 0.6) is 0 Å². The van der Waals surface area contributed by atoms with Crippen LogP contribution in [0.3, 0.4) is 0 Å². The lowest BCUT2D eigenvalue weighted by Crippen LogP contribution is -2.55. The normalized spacial score (nSPS) is 26.3. The molecule has 1 aromatic rings. The van der Waals surface area contributed by atoms with Gasteiger partial charge in [-0.25, -0.2) is 0 Å². The molecule has 3 heterocycles. The van der Waals surface area contributed by atoms with Crippen molar-refractivity contribution in [2.75, 3.05) is 26.2 Å². The zero-order chi connectivity index (χ0) is 14.8. The van der Waals surface area contributed by atoms with Gasteiger partial charge in [-0.3, -0.25) is 9.58 Å². The van der Waals surface area contributed by atoms with Crippen molar-refractivity contribution in [1.29, 1.82) is 0 Å². The SMILES string of the molecule is CCC(C)N1CCN[C@@H](C(C)c2cnn3c2CNCC3)C1. The van der Waals surface area contributed by atoms with Gasteiger partial charge in [0.05, 0.1) is 18.4 Å². The van der Waals surface area contributed by atoms with E-state index in [0.717, 1.165) is 32.7 Å². The fourth-order valence-corrected chi connectivity index (χ4v) is 3.60. The van der Waals surface area contributed by atoms with Gasteiger partial charge in [0.2, 0.25) is 0 Å². The number of nitrogens with one attached hydrogen (secondary N) is 2. The van der Waals surface area contributed by atoms with Gasteiger partial charge in [0.25, 0.3) is 0 Å². The molecule has 3 rings (SSSR count). The Morgan fingerprint density at radius 1 is 1.33 bits per heavy atom. The zero-order valence-electron chi connectivity index (χ0n) is 13.6. The van der Waals surface area contributed by atoms with Crippen LogP contribution >= 0.6 is 0 Å². The van der Waals surface area contributed by atoms with Crippen molar-refractivity contribution >= 4 is 0 Å². The molecular weight excluding hydrogens is 262 g/mol. The molecule has 0 aromatic carbocycles. The summed E-state index contributed by atoms with van der Waals surface area (Å²) in [6, 6.07) is 1.22. The molecule has 2 N–H and O–H groups in total. The van der Waals surface area contributed by atoms with Gasteiger partial charge in [0.1, 0.15) is 0 Å². The summed E-state index contributed by atoms with van der Waals surface area (Å²) in [5.74, 6) is 0.514. The number of piperazine rings is 1. The first kappa shape index (κ1) is 15.0. The van der Waals surface area contributed by atoms with Crippen molar-refractivity contribution in [2.45, 2.75) is 58.3 Å². The van der Waals surface area contributed by atoms with Crippen molar-refractivity contribution in [3.8, 4) is 0 Å². The van der Waals surface area contributed by atoms with Gasteiger partial charge in [-0.15, -0.1) is 0 Å². The molecule has 3 atom stereocenters. The molecule has 0 radical (unpaired) electrons. The van der Waals surface area contributed by atoms with E-state index in [0.29, 0.717) is 18.0 Å². The Labute approximate surface area is 128 Å². The van der Waals surface area contributed by atoms with Crippen molar-refractivity contribution in [3.63, 3.8) is 0 Å². The Morgan fingerprint density at radius 3 is 3.00 bits per heavy atom. The molecule has 1 fully saturated rings. The number of nitrogens with zero attached hydrogens (tertiary/aromatic N) is 3. The van der Waals surface area contributed by atoms with Crippen LogP contribution in [0.15, 0.2) is 6.20 Å². The molecular formula is C16H29N5. The molecule has 5 heteroatoms. The maximum atomic E-state index is 4.58. The molecule has 0 amide bonds. The molecule has 21 heavy (non-hydrogen) atoms. The maximum absolute atomic E-state index is 4.58. The lowest BCUT2D eigenvalue weighted by molar-refractivity contribution is 0.140. The van der Waals surface area contributed by atoms with Crippen molar-refractivity contribution in [1.82, 2.24) is 25.3 Å². The third kappa shape index (κ3) is 3.00. The van der Waals surface area contributed by atoms with Gasteiger partial charge >= 0.3 is 0 Å². The molecule has 1 saturated heterocycles. The number of hydrogen-bond acceptors (Lipinski definition) is 4. The van der Waals surface area contributed by atoms with Gasteiger partial charge in [0.15, 0.2) is 0 Å². The van der Waals surface area contributed by atoms with Crippen LogP contribution in [0.25, 0.3) is 0 Å². The van der Waals surface area contributed by atoms with Crippen LogP contribution < -0.4 is 10.6 Å². The van der Waals surface area contributed by atoms with E-state index in [9.17, 15) is 0 Å². The molecule has 0 spiro atoms. The summed E-state index contributed by atoms with van der Waals surface area (Å²) < 4.78 is 2.18. The number of fused-ring (bicyclic) bond motifs is 1. The Morgan fingerprint density at radius 2 is 2.19 bits per heavy atom. The smallest absolute Gasteiger partial charge is 0.0557 e. The van der Waals surface area contributed by atoms with Crippen LogP contribution in [-0.4, -0.2) is 52.9 Å². The summed E-state index contributed by atoms with van der Waals surface area (Å²) in [5.41, 5.74) is 2.81. The van der Waals surface area contributed by atoms with Gasteiger partial charge in [-0.1, -0.05) is 13.8 Å². The quantitative estimate of drug-likeness (QED) is 0.874. The second-order valence-electron chi connectivity index (χ2n) is 6.55. The number of hydrogen-bond donors (Lipinski definition) is 2. The van der Waals surface area contributed by atoms with Gasteiger partial charge in [-0.05, 0) is 18.9 Å². The minimum absolute atomic E-state index is 0.514. The highest BCUT2D eigenvalue weighted by Crippen LogP contribution is 2.26. The van der Waals surface area contributed by atoms with Gasteiger partial charge in [0, 0.05) is 50.7 Å². The van der Waals surface area contributed by atoms with Crippen LogP contribution in [0.2, 0.25) is 0 Å². The highest BCUT2D eigenvalue weighted by molar-refractivity contribution is 5.25. The summed E-state index contributed by atoms with van der Waals surface area (Å²) in [4.78, 5) is 2.63. The molecule has 2 unspecified atom stereocenters. The lowest BCUT2D eigenvalue weighted by atomic mass is 9.91. The molecule has 2 aliphatic rings. The largest absolute Gasteiger partial charge is 0.311 e. The van der Waals surface area contributed by atoms with Crippen LogP contribution in [0, 0.1) is 0 Å². The number of aromatic nitrogens is 2. The molecule has 5 nitrogen and oxygen atoms in total. The molecule has 0 bridgehead atoms. The summed E-state index contributed by atoms with van der Waals surface area (Å²) in [6.45, 7) is 13.4. The van der Waals surface area contributed by atoms with Gasteiger partial charge < -0.3 is 10.6 Å². The fourth-order valence-electron chi connectivity index (χ4n) is 3.60. The van der Waals surface area contributed by atoms with Crippen LogP contribution in [0.4, 0.5) is 0 Å². The average molecular weight is 291 g/mol. The second kappa shape index (κ2) is 6.46. The number of rotatable bonds is 4. The molecule has 1 aromatic heterocycles. The Hall–Kier alpha value is -0.910. The third-order valence-corrected chi connectivity index (χ3v) is 5.32. The predicted octanol–water partition coefficient (Wildman–Crippen LogP) is 1.16. The Kier molecular flexibility index (Phi) is 4.62. The molecule has 2 aliphatic heterocycles. The van der Waals surface area contributed by atoms with Crippen molar-refractivity contribution < 1.29 is 0 Å². The van der Waals surface area contributed by atoms with E-state index in [4.69, 9.17) is 0 Å². The first-order valence-electron chi connectivity index (χ1n) is 8.43. The summed E-state index contributed by atoms with van der Waals surface area (Å²) in [5, 5.41) is 11.8. The van der Waals surface area contributed by atoms with Crippen LogP contribution in [-0.2, 0) is 13.1 Å². The third-order valence-electron chi connectivity index (χ3n) is 5.32. The van der Waals surface area contributed by atoms with E-state index in [1.807, 2.05) is 0 Å². The maximum Gasteiger partial charge on any atom is 0.0557 e. The van der Waals surface area contributed by atoms with Crippen LogP contribution in [0.1, 0.15) is 44.4 Å². The van der Waals surface area contributed by atoms with E-state index >= 15 is 0 Å². The first-order chi connectivity index (χ1) is 10.2. The monoisotopic (exact) mass is 291 g/mol. The summed E-state index contributed by atoms with van der Waals surface area (Å²) in [6.07, 6.45) is 3.32. The topological polar surface area (TPSA) is 45.1 Å². The van der Waals surface area contributed by atoms with E-state index in [1.165, 1.54) is 24.2 Å². The van der Waals surface area contributed by atoms with Gasteiger partial charge in [-0.2, -0.15) is 5.10 Å². The highest BCUT2D eigenvalue weighted by Gasteiger charge is 2.29. The minimum atomic E-state index is 0.514. The molecule has 118 valence electrons. The fraction of sp³-hybridized carbons (Fsp3) is 0.812. The Balaban J connectivity index is 1.72.